The van der Waals surface area contributed by atoms with E-state index >= 15 is 0 Å². The van der Waals surface area contributed by atoms with E-state index in [9.17, 15) is 8.42 Å². The average Bonchev–Trinajstić information content (AvgIpc) is 3.29. The summed E-state index contributed by atoms with van der Waals surface area (Å²) >= 11 is 0. The summed E-state index contributed by atoms with van der Waals surface area (Å²) in [6.07, 6.45) is 3.32. The van der Waals surface area contributed by atoms with Gasteiger partial charge in [0.2, 0.25) is 0 Å². The second-order valence-corrected chi connectivity index (χ2v) is 9.50. The molecule has 2 aromatic heterocycles. The maximum absolute atomic E-state index is 13.5. The molecule has 0 aliphatic heterocycles. The Balaban J connectivity index is 1.75. The molecule has 0 aliphatic carbocycles. The van der Waals surface area contributed by atoms with E-state index in [1.165, 1.54) is 3.97 Å². The van der Waals surface area contributed by atoms with Gasteiger partial charge in [-0.2, -0.15) is 0 Å². The number of hydrogen-bond acceptors (Lipinski definition) is 5. The normalized spacial score (nSPS) is 11.5. The van der Waals surface area contributed by atoms with Gasteiger partial charge in [0.05, 0.1) is 19.1 Å². The second kappa shape index (κ2) is 8.68. The summed E-state index contributed by atoms with van der Waals surface area (Å²) in [7, 11) is -0.653. The minimum Gasteiger partial charge on any atom is -0.493 e. The monoisotopic (exact) mass is 470 g/mol. The fraction of sp³-hybridized carbons (Fsp3) is 0.0741. The third-order valence-corrected chi connectivity index (χ3v) is 7.38. The molecule has 0 fully saturated rings. The number of nitrogens with zero attached hydrogens (tertiary/aromatic N) is 2. The van der Waals surface area contributed by atoms with Crippen LogP contribution in [0.2, 0.25) is 0 Å². The van der Waals surface area contributed by atoms with E-state index in [0.29, 0.717) is 17.1 Å². The Hall–Kier alpha value is -4.10. The summed E-state index contributed by atoms with van der Waals surface area (Å²) in [6, 6.07) is 25.7. The van der Waals surface area contributed by atoms with Crippen LogP contribution >= 0.6 is 0 Å². The molecule has 0 N–H and O–H groups in total. The van der Waals surface area contributed by atoms with Crippen molar-refractivity contribution in [2.75, 3.05) is 14.2 Å². The van der Waals surface area contributed by atoms with Gasteiger partial charge in [-0.25, -0.2) is 17.4 Å². The molecule has 170 valence electrons. The first kappa shape index (κ1) is 21.7. The van der Waals surface area contributed by atoms with Crippen LogP contribution in [0.25, 0.3) is 33.3 Å². The fourth-order valence-corrected chi connectivity index (χ4v) is 5.34. The third-order valence-electron chi connectivity index (χ3n) is 5.71. The van der Waals surface area contributed by atoms with Crippen molar-refractivity contribution in [1.82, 2.24) is 8.96 Å². The molecule has 6 nitrogen and oxygen atoms in total. The molecular formula is C27H22N2O4S. The molecule has 0 radical (unpaired) electrons. The van der Waals surface area contributed by atoms with Gasteiger partial charge in [-0.05, 0) is 41.5 Å². The van der Waals surface area contributed by atoms with Crippen LogP contribution in [0.3, 0.4) is 0 Å². The smallest absolute Gasteiger partial charge is 0.269 e. The number of pyridine rings is 1. The number of hydrogen-bond donors (Lipinski definition) is 0. The number of benzene rings is 3. The Morgan fingerprint density at radius 1 is 0.735 bits per heavy atom. The molecule has 5 rings (SSSR count). The van der Waals surface area contributed by atoms with Gasteiger partial charge in [0, 0.05) is 28.9 Å². The van der Waals surface area contributed by atoms with Gasteiger partial charge in [-0.15, -0.1) is 0 Å². The average molecular weight is 471 g/mol. The van der Waals surface area contributed by atoms with E-state index in [-0.39, 0.29) is 4.90 Å². The molecule has 2 heterocycles. The summed E-state index contributed by atoms with van der Waals surface area (Å²) in [4.78, 5) is 4.81. The minimum absolute atomic E-state index is 0.206. The van der Waals surface area contributed by atoms with Crippen molar-refractivity contribution in [2.45, 2.75) is 4.90 Å². The Bertz CT molecular complexity index is 1580. The summed E-state index contributed by atoms with van der Waals surface area (Å²) in [5.41, 5.74) is 3.77. The van der Waals surface area contributed by atoms with Crippen molar-refractivity contribution >= 4 is 21.1 Å². The predicted molar refractivity (Wildman–Crippen MR) is 133 cm³/mol. The molecule has 0 spiro atoms. The van der Waals surface area contributed by atoms with E-state index in [1.54, 1.807) is 56.9 Å². The lowest BCUT2D eigenvalue weighted by molar-refractivity contribution is 0.355. The van der Waals surface area contributed by atoms with Gasteiger partial charge in [-0.3, -0.25) is 0 Å². The lowest BCUT2D eigenvalue weighted by Gasteiger charge is -2.10. The molecule has 0 saturated carbocycles. The highest BCUT2D eigenvalue weighted by Gasteiger charge is 2.23. The highest BCUT2D eigenvalue weighted by Crippen LogP contribution is 2.36. The molecule has 0 bridgehead atoms. The molecule has 0 saturated heterocycles. The van der Waals surface area contributed by atoms with Crippen LogP contribution in [-0.2, 0) is 10.0 Å². The first-order chi connectivity index (χ1) is 16.5. The number of fused-ring (bicyclic) bond motifs is 1. The van der Waals surface area contributed by atoms with Gasteiger partial charge in [0.25, 0.3) is 10.0 Å². The van der Waals surface area contributed by atoms with Crippen LogP contribution in [0.5, 0.6) is 11.5 Å². The lowest BCUT2D eigenvalue weighted by atomic mass is 10.0. The molecule has 3 aromatic carbocycles. The molecule has 5 aromatic rings. The number of rotatable bonds is 6. The van der Waals surface area contributed by atoms with Gasteiger partial charge in [0.1, 0.15) is 0 Å². The zero-order valence-electron chi connectivity index (χ0n) is 18.7. The van der Waals surface area contributed by atoms with Gasteiger partial charge < -0.3 is 9.47 Å². The van der Waals surface area contributed by atoms with Crippen LogP contribution in [0.4, 0.5) is 0 Å². The highest BCUT2D eigenvalue weighted by molar-refractivity contribution is 7.90. The topological polar surface area (TPSA) is 70.4 Å². The van der Waals surface area contributed by atoms with E-state index in [2.05, 4.69) is 4.98 Å². The van der Waals surface area contributed by atoms with Crippen molar-refractivity contribution in [1.29, 1.82) is 0 Å². The zero-order valence-corrected chi connectivity index (χ0v) is 19.5. The predicted octanol–water partition coefficient (Wildman–Crippen LogP) is 5.62. The quantitative estimate of drug-likeness (QED) is 0.322. The van der Waals surface area contributed by atoms with Crippen LogP contribution in [0.15, 0.2) is 102 Å². The molecular weight excluding hydrogens is 448 g/mol. The minimum atomic E-state index is -3.83. The SMILES string of the molecule is COc1ccc(-c2cnc3c(c2)c(-c2ccccc2)cn3S(=O)(=O)c2ccccc2)cc1OC. The van der Waals surface area contributed by atoms with Crippen molar-refractivity contribution < 1.29 is 17.9 Å². The zero-order chi connectivity index (χ0) is 23.7. The number of aromatic nitrogens is 2. The first-order valence-corrected chi connectivity index (χ1v) is 12.1. The number of ether oxygens (including phenoxy) is 2. The summed E-state index contributed by atoms with van der Waals surface area (Å²) in [5.74, 6) is 1.23. The number of methoxy groups -OCH3 is 2. The third kappa shape index (κ3) is 3.70. The summed E-state index contributed by atoms with van der Waals surface area (Å²) in [6.45, 7) is 0. The van der Waals surface area contributed by atoms with Gasteiger partial charge in [0.15, 0.2) is 17.1 Å². The van der Waals surface area contributed by atoms with Crippen molar-refractivity contribution in [3.8, 4) is 33.8 Å². The van der Waals surface area contributed by atoms with Crippen molar-refractivity contribution in [3.63, 3.8) is 0 Å². The van der Waals surface area contributed by atoms with Gasteiger partial charge >= 0.3 is 0 Å². The van der Waals surface area contributed by atoms with E-state index in [0.717, 1.165) is 27.6 Å². The molecule has 34 heavy (non-hydrogen) atoms. The lowest BCUT2D eigenvalue weighted by Crippen LogP contribution is -2.12. The largest absolute Gasteiger partial charge is 0.493 e. The Kier molecular flexibility index (Phi) is 5.55. The van der Waals surface area contributed by atoms with E-state index < -0.39 is 10.0 Å². The Morgan fingerprint density at radius 2 is 1.41 bits per heavy atom. The Morgan fingerprint density at radius 3 is 2.09 bits per heavy atom. The maximum atomic E-state index is 13.5. The molecule has 7 heteroatoms. The van der Waals surface area contributed by atoms with E-state index in [4.69, 9.17) is 9.47 Å². The molecule has 0 amide bonds. The van der Waals surface area contributed by atoms with Crippen LogP contribution in [-0.4, -0.2) is 31.6 Å². The van der Waals surface area contributed by atoms with E-state index in [1.807, 2.05) is 54.6 Å². The first-order valence-electron chi connectivity index (χ1n) is 10.6. The molecule has 0 atom stereocenters. The molecule has 0 aliphatic rings. The summed E-state index contributed by atoms with van der Waals surface area (Å²) in [5, 5.41) is 0.734. The fourth-order valence-electron chi connectivity index (χ4n) is 3.99. The highest BCUT2D eigenvalue weighted by atomic mass is 32.2. The second-order valence-electron chi connectivity index (χ2n) is 7.69. The van der Waals surface area contributed by atoms with Crippen molar-refractivity contribution in [3.05, 3.63) is 97.3 Å². The van der Waals surface area contributed by atoms with Crippen LogP contribution in [0, 0.1) is 0 Å². The van der Waals surface area contributed by atoms with Gasteiger partial charge in [-0.1, -0.05) is 54.6 Å². The summed E-state index contributed by atoms with van der Waals surface area (Å²) < 4.78 is 39.0. The standard InChI is InChI=1S/C27H22N2O4S/c1-32-25-14-13-20(16-26(25)33-2)21-15-23-24(19-9-5-3-6-10-19)18-29(27(23)28-17-21)34(30,31)22-11-7-4-8-12-22/h3-18H,1-2H3. The maximum Gasteiger partial charge on any atom is 0.269 e. The Labute approximate surface area is 198 Å². The van der Waals surface area contributed by atoms with Crippen LogP contribution < -0.4 is 9.47 Å². The van der Waals surface area contributed by atoms with Crippen LogP contribution in [0.1, 0.15) is 0 Å². The molecule has 0 unspecified atom stereocenters. The van der Waals surface area contributed by atoms with Crippen molar-refractivity contribution in [2.24, 2.45) is 0 Å².